The lowest BCUT2D eigenvalue weighted by Gasteiger charge is -2.32. The Hall–Kier alpha value is -0.970. The van der Waals surface area contributed by atoms with Crippen LogP contribution in [-0.4, -0.2) is 37.7 Å². The van der Waals surface area contributed by atoms with Crippen molar-refractivity contribution in [3.63, 3.8) is 0 Å². The normalized spacial score (nSPS) is 21.6. The summed E-state index contributed by atoms with van der Waals surface area (Å²) in [7, 11) is 1.99. The lowest BCUT2D eigenvalue weighted by atomic mass is 10.0. The first-order chi connectivity index (χ1) is 9.22. The van der Waals surface area contributed by atoms with E-state index >= 15 is 0 Å². The molecule has 19 heavy (non-hydrogen) atoms. The number of ether oxygens (including phenoxy) is 1. The predicted octanol–water partition coefficient (Wildman–Crippen LogP) is 2.33. The van der Waals surface area contributed by atoms with E-state index in [-0.39, 0.29) is 18.0 Å². The predicted molar refractivity (Wildman–Crippen MR) is 74.4 cm³/mol. The molecule has 0 spiro atoms. The zero-order valence-corrected chi connectivity index (χ0v) is 11.5. The van der Waals surface area contributed by atoms with E-state index in [2.05, 4.69) is 4.90 Å². The first-order valence-corrected chi connectivity index (χ1v) is 6.98. The van der Waals surface area contributed by atoms with Crippen LogP contribution < -0.4 is 5.73 Å². The van der Waals surface area contributed by atoms with E-state index in [0.717, 1.165) is 26.0 Å². The molecule has 2 N–H and O–H groups in total. The van der Waals surface area contributed by atoms with Crippen molar-refractivity contribution in [2.75, 3.05) is 26.7 Å². The summed E-state index contributed by atoms with van der Waals surface area (Å²) < 4.78 is 19.6. The molecular weight excluding hydrogens is 243 g/mol. The highest BCUT2D eigenvalue weighted by Gasteiger charge is 2.23. The molecule has 106 valence electrons. The smallest absolute Gasteiger partial charge is 0.128 e. The fraction of sp³-hybridized carbons (Fsp3) is 0.600. The number of halogens is 1. The third-order valence-corrected chi connectivity index (χ3v) is 3.79. The van der Waals surface area contributed by atoms with E-state index in [0.29, 0.717) is 12.1 Å². The zero-order valence-electron chi connectivity index (χ0n) is 11.5. The molecule has 0 aliphatic carbocycles. The summed E-state index contributed by atoms with van der Waals surface area (Å²) in [5.41, 5.74) is 6.50. The van der Waals surface area contributed by atoms with Crippen LogP contribution in [0.5, 0.6) is 0 Å². The highest BCUT2D eigenvalue weighted by Crippen LogP contribution is 2.23. The Bertz CT molecular complexity index is 393. The van der Waals surface area contributed by atoms with Gasteiger partial charge in [-0.2, -0.15) is 0 Å². The Kier molecular flexibility index (Phi) is 5.31. The fourth-order valence-electron chi connectivity index (χ4n) is 2.69. The summed E-state index contributed by atoms with van der Waals surface area (Å²) in [5.74, 6) is -0.186. The number of benzene rings is 1. The van der Waals surface area contributed by atoms with Crippen molar-refractivity contribution in [1.82, 2.24) is 4.90 Å². The van der Waals surface area contributed by atoms with Crippen molar-refractivity contribution in [1.29, 1.82) is 0 Å². The number of nitrogens with zero attached hydrogens (tertiary/aromatic N) is 1. The van der Waals surface area contributed by atoms with Crippen molar-refractivity contribution in [3.8, 4) is 0 Å². The van der Waals surface area contributed by atoms with Gasteiger partial charge in [0.25, 0.3) is 0 Å². The van der Waals surface area contributed by atoms with Crippen LogP contribution in [0.1, 0.15) is 30.9 Å². The van der Waals surface area contributed by atoms with Crippen LogP contribution in [-0.2, 0) is 4.74 Å². The van der Waals surface area contributed by atoms with Crippen molar-refractivity contribution in [2.45, 2.75) is 31.4 Å². The molecule has 1 heterocycles. The van der Waals surface area contributed by atoms with E-state index in [4.69, 9.17) is 10.5 Å². The van der Waals surface area contributed by atoms with Gasteiger partial charge < -0.3 is 10.5 Å². The van der Waals surface area contributed by atoms with E-state index in [9.17, 15) is 4.39 Å². The monoisotopic (exact) mass is 266 g/mol. The number of hydrogen-bond donors (Lipinski definition) is 1. The minimum atomic E-state index is -0.186. The molecule has 0 aromatic heterocycles. The Balaban J connectivity index is 2.02. The summed E-state index contributed by atoms with van der Waals surface area (Å²) in [6, 6.07) is 6.77. The van der Waals surface area contributed by atoms with Gasteiger partial charge in [0.1, 0.15) is 5.82 Å². The standard InChI is InChI=1S/C15H23FN2O/c1-18(11-12-6-4-5-9-19-12)15(10-17)13-7-2-3-8-14(13)16/h2-3,7-8,12,15H,4-6,9-11,17H2,1H3. The van der Waals surface area contributed by atoms with Crippen molar-refractivity contribution in [3.05, 3.63) is 35.6 Å². The molecule has 1 aromatic carbocycles. The van der Waals surface area contributed by atoms with Gasteiger partial charge in [-0.25, -0.2) is 4.39 Å². The Morgan fingerprint density at radius 3 is 2.84 bits per heavy atom. The summed E-state index contributed by atoms with van der Waals surface area (Å²) >= 11 is 0. The fourth-order valence-corrected chi connectivity index (χ4v) is 2.69. The van der Waals surface area contributed by atoms with Crippen LogP contribution in [0.2, 0.25) is 0 Å². The number of hydrogen-bond acceptors (Lipinski definition) is 3. The maximum Gasteiger partial charge on any atom is 0.128 e. The molecule has 1 aromatic rings. The first-order valence-electron chi connectivity index (χ1n) is 6.98. The van der Waals surface area contributed by atoms with Crippen LogP contribution in [0, 0.1) is 5.82 Å². The third-order valence-electron chi connectivity index (χ3n) is 3.79. The van der Waals surface area contributed by atoms with E-state index in [1.807, 2.05) is 19.2 Å². The molecule has 1 fully saturated rings. The second-order valence-electron chi connectivity index (χ2n) is 5.20. The van der Waals surface area contributed by atoms with Gasteiger partial charge >= 0.3 is 0 Å². The van der Waals surface area contributed by atoms with E-state index in [1.54, 1.807) is 6.07 Å². The van der Waals surface area contributed by atoms with Gasteiger partial charge in [-0.05, 0) is 32.4 Å². The Labute approximate surface area is 114 Å². The molecular formula is C15H23FN2O. The van der Waals surface area contributed by atoms with Gasteiger partial charge in [-0.1, -0.05) is 18.2 Å². The number of nitrogens with two attached hydrogens (primary N) is 1. The molecule has 1 aliphatic heterocycles. The van der Waals surface area contributed by atoms with Gasteiger partial charge in [0, 0.05) is 31.3 Å². The molecule has 0 bridgehead atoms. The van der Waals surface area contributed by atoms with Crippen LogP contribution in [0.15, 0.2) is 24.3 Å². The molecule has 0 amide bonds. The van der Waals surface area contributed by atoms with Crippen LogP contribution in [0.4, 0.5) is 4.39 Å². The number of likely N-dealkylation sites (N-methyl/N-ethyl adjacent to an activating group) is 1. The lowest BCUT2D eigenvalue weighted by molar-refractivity contribution is -0.00799. The Morgan fingerprint density at radius 1 is 1.42 bits per heavy atom. The molecule has 4 heteroatoms. The van der Waals surface area contributed by atoms with Crippen molar-refractivity contribution >= 4 is 0 Å². The van der Waals surface area contributed by atoms with Crippen molar-refractivity contribution < 1.29 is 9.13 Å². The summed E-state index contributed by atoms with van der Waals surface area (Å²) in [4.78, 5) is 2.11. The third kappa shape index (κ3) is 3.75. The summed E-state index contributed by atoms with van der Waals surface area (Å²) in [6.07, 6.45) is 3.69. The van der Waals surface area contributed by atoms with E-state index < -0.39 is 0 Å². The average Bonchev–Trinajstić information content (AvgIpc) is 2.43. The number of rotatable bonds is 5. The molecule has 2 atom stereocenters. The Morgan fingerprint density at radius 2 is 2.21 bits per heavy atom. The SMILES string of the molecule is CN(CC1CCCCO1)C(CN)c1ccccc1F. The maximum absolute atomic E-state index is 13.9. The second kappa shape index (κ2) is 6.98. The molecule has 0 saturated carbocycles. The maximum atomic E-state index is 13.9. The summed E-state index contributed by atoms with van der Waals surface area (Å²) in [5, 5.41) is 0. The molecule has 3 nitrogen and oxygen atoms in total. The topological polar surface area (TPSA) is 38.5 Å². The first kappa shape index (κ1) is 14.4. The van der Waals surface area contributed by atoms with Crippen molar-refractivity contribution in [2.24, 2.45) is 5.73 Å². The molecule has 2 unspecified atom stereocenters. The average molecular weight is 266 g/mol. The minimum Gasteiger partial charge on any atom is -0.377 e. The highest BCUT2D eigenvalue weighted by molar-refractivity contribution is 5.21. The van der Waals surface area contributed by atoms with Gasteiger partial charge in [0.05, 0.1) is 6.10 Å². The second-order valence-corrected chi connectivity index (χ2v) is 5.20. The zero-order chi connectivity index (χ0) is 13.7. The quantitative estimate of drug-likeness (QED) is 0.889. The molecule has 1 saturated heterocycles. The largest absolute Gasteiger partial charge is 0.377 e. The van der Waals surface area contributed by atoms with Gasteiger partial charge in [0.2, 0.25) is 0 Å². The minimum absolute atomic E-state index is 0.0910. The molecule has 0 radical (unpaired) electrons. The highest BCUT2D eigenvalue weighted by atomic mass is 19.1. The lowest BCUT2D eigenvalue weighted by Crippen LogP contribution is -2.38. The molecule has 2 rings (SSSR count). The van der Waals surface area contributed by atoms with Crippen LogP contribution in [0.25, 0.3) is 0 Å². The summed E-state index contributed by atoms with van der Waals surface area (Å²) in [6.45, 7) is 2.05. The van der Waals surface area contributed by atoms with Gasteiger partial charge in [0.15, 0.2) is 0 Å². The van der Waals surface area contributed by atoms with E-state index in [1.165, 1.54) is 12.5 Å². The van der Waals surface area contributed by atoms with Gasteiger partial charge in [-0.3, -0.25) is 4.90 Å². The van der Waals surface area contributed by atoms with Crippen LogP contribution >= 0.6 is 0 Å². The van der Waals surface area contributed by atoms with Gasteiger partial charge in [-0.15, -0.1) is 0 Å². The van der Waals surface area contributed by atoms with Crippen LogP contribution in [0.3, 0.4) is 0 Å². The molecule has 1 aliphatic rings.